The van der Waals surface area contributed by atoms with E-state index in [0.29, 0.717) is 6.04 Å². The van der Waals surface area contributed by atoms with Crippen LogP contribution >= 0.6 is 11.8 Å². The molecular weight excluding hydrogens is 202 g/mol. The van der Waals surface area contributed by atoms with Gasteiger partial charge in [0.05, 0.1) is 0 Å². The molecule has 0 amide bonds. The van der Waals surface area contributed by atoms with Crippen molar-refractivity contribution in [2.45, 2.75) is 31.6 Å². The van der Waals surface area contributed by atoms with Gasteiger partial charge < -0.3 is 5.32 Å². The van der Waals surface area contributed by atoms with E-state index in [1.807, 2.05) is 18.7 Å². The van der Waals surface area contributed by atoms with Gasteiger partial charge in [-0.15, -0.1) is 0 Å². The number of nitrogens with one attached hydrogen (secondary N) is 1. The molecule has 0 radical (unpaired) electrons. The van der Waals surface area contributed by atoms with Crippen molar-refractivity contribution < 1.29 is 4.21 Å². The predicted octanol–water partition coefficient (Wildman–Crippen LogP) is 1.24. The third-order valence-corrected chi connectivity index (χ3v) is 5.06. The first-order chi connectivity index (χ1) is 6.24. The van der Waals surface area contributed by atoms with E-state index in [1.165, 1.54) is 12.2 Å². The molecule has 1 aliphatic heterocycles. The summed E-state index contributed by atoms with van der Waals surface area (Å²) in [4.78, 5) is 0. The molecule has 0 aromatic carbocycles. The van der Waals surface area contributed by atoms with Crippen LogP contribution in [0.3, 0.4) is 0 Å². The standard InChI is InChI=1S/C9H19NOS2/c1-3-13(11)7-5-10-9-4-6-12-8(9)2/h8-10H,3-7H2,1-2H3. The average Bonchev–Trinajstić information content (AvgIpc) is 2.52. The van der Waals surface area contributed by atoms with Crippen LogP contribution in [0.2, 0.25) is 0 Å². The molecular formula is C9H19NOS2. The molecule has 0 spiro atoms. The lowest BCUT2D eigenvalue weighted by atomic mass is 10.2. The Kier molecular flexibility index (Phi) is 5.36. The molecule has 1 N–H and O–H groups in total. The Morgan fingerprint density at radius 2 is 2.38 bits per heavy atom. The first kappa shape index (κ1) is 11.5. The summed E-state index contributed by atoms with van der Waals surface area (Å²) < 4.78 is 11.1. The van der Waals surface area contributed by atoms with E-state index in [4.69, 9.17) is 0 Å². The topological polar surface area (TPSA) is 29.1 Å². The van der Waals surface area contributed by atoms with Gasteiger partial charge in [0.2, 0.25) is 0 Å². The highest BCUT2D eigenvalue weighted by Gasteiger charge is 2.22. The molecule has 1 heterocycles. The van der Waals surface area contributed by atoms with Crippen molar-refractivity contribution >= 4 is 22.6 Å². The van der Waals surface area contributed by atoms with E-state index < -0.39 is 10.8 Å². The summed E-state index contributed by atoms with van der Waals surface area (Å²) >= 11 is 2.03. The number of thioether (sulfide) groups is 1. The van der Waals surface area contributed by atoms with Gasteiger partial charge in [0, 0.05) is 40.1 Å². The minimum Gasteiger partial charge on any atom is -0.312 e. The second-order valence-electron chi connectivity index (χ2n) is 3.36. The lowest BCUT2D eigenvalue weighted by Gasteiger charge is -2.15. The van der Waals surface area contributed by atoms with Crippen molar-refractivity contribution in [1.82, 2.24) is 5.32 Å². The van der Waals surface area contributed by atoms with Crippen LogP contribution in [-0.4, -0.2) is 39.3 Å². The van der Waals surface area contributed by atoms with Gasteiger partial charge in [0.1, 0.15) is 0 Å². The maximum Gasteiger partial charge on any atom is 0.0360 e. The molecule has 1 fully saturated rings. The Bertz CT molecular complexity index is 175. The highest BCUT2D eigenvalue weighted by molar-refractivity contribution is 8.00. The van der Waals surface area contributed by atoms with E-state index in [1.54, 1.807) is 0 Å². The monoisotopic (exact) mass is 221 g/mol. The van der Waals surface area contributed by atoms with E-state index in [-0.39, 0.29) is 0 Å². The van der Waals surface area contributed by atoms with Crippen LogP contribution in [0.5, 0.6) is 0 Å². The van der Waals surface area contributed by atoms with Gasteiger partial charge in [-0.05, 0) is 12.2 Å². The maximum atomic E-state index is 11.1. The summed E-state index contributed by atoms with van der Waals surface area (Å²) in [5.41, 5.74) is 0. The van der Waals surface area contributed by atoms with Crippen molar-refractivity contribution in [2.75, 3.05) is 23.8 Å². The SMILES string of the molecule is CCS(=O)CCNC1CCSC1C. The molecule has 0 saturated carbocycles. The van der Waals surface area contributed by atoms with Gasteiger partial charge >= 0.3 is 0 Å². The summed E-state index contributed by atoms with van der Waals surface area (Å²) in [6, 6.07) is 0.652. The third-order valence-electron chi connectivity index (χ3n) is 2.43. The highest BCUT2D eigenvalue weighted by atomic mass is 32.2. The van der Waals surface area contributed by atoms with E-state index in [2.05, 4.69) is 12.2 Å². The fraction of sp³-hybridized carbons (Fsp3) is 1.00. The second kappa shape index (κ2) is 6.04. The van der Waals surface area contributed by atoms with Crippen LogP contribution in [0.4, 0.5) is 0 Å². The summed E-state index contributed by atoms with van der Waals surface area (Å²) in [5.74, 6) is 2.87. The van der Waals surface area contributed by atoms with Crippen molar-refractivity contribution in [1.29, 1.82) is 0 Å². The smallest absolute Gasteiger partial charge is 0.0360 e. The van der Waals surface area contributed by atoms with Crippen LogP contribution in [0.25, 0.3) is 0 Å². The largest absolute Gasteiger partial charge is 0.312 e. The molecule has 0 aromatic rings. The van der Waals surface area contributed by atoms with E-state index >= 15 is 0 Å². The van der Waals surface area contributed by atoms with Gasteiger partial charge in [-0.3, -0.25) is 4.21 Å². The highest BCUT2D eigenvalue weighted by Crippen LogP contribution is 2.25. The van der Waals surface area contributed by atoms with Crippen molar-refractivity contribution in [3.63, 3.8) is 0 Å². The van der Waals surface area contributed by atoms with Gasteiger partial charge in [-0.1, -0.05) is 13.8 Å². The predicted molar refractivity (Wildman–Crippen MR) is 61.9 cm³/mol. The lowest BCUT2D eigenvalue weighted by molar-refractivity contribution is 0.530. The fourth-order valence-electron chi connectivity index (χ4n) is 1.50. The molecule has 1 saturated heterocycles. The molecule has 4 heteroatoms. The number of rotatable bonds is 5. The third kappa shape index (κ3) is 4.00. The van der Waals surface area contributed by atoms with Gasteiger partial charge in [-0.25, -0.2) is 0 Å². The molecule has 3 unspecified atom stereocenters. The Labute approximate surface area is 87.7 Å². The molecule has 0 bridgehead atoms. The van der Waals surface area contributed by atoms with E-state index in [9.17, 15) is 4.21 Å². The van der Waals surface area contributed by atoms with Crippen LogP contribution in [0, 0.1) is 0 Å². The zero-order valence-electron chi connectivity index (χ0n) is 8.41. The molecule has 0 aromatic heterocycles. The molecule has 1 aliphatic rings. The van der Waals surface area contributed by atoms with Crippen LogP contribution in [0.1, 0.15) is 20.3 Å². The number of hydrogen-bond acceptors (Lipinski definition) is 3. The second-order valence-corrected chi connectivity index (χ2v) is 6.71. The van der Waals surface area contributed by atoms with Gasteiger partial charge in [-0.2, -0.15) is 11.8 Å². The molecule has 78 valence electrons. The molecule has 0 aliphatic carbocycles. The van der Waals surface area contributed by atoms with Crippen molar-refractivity contribution in [3.05, 3.63) is 0 Å². The molecule has 1 rings (SSSR count). The van der Waals surface area contributed by atoms with Gasteiger partial charge in [0.15, 0.2) is 0 Å². The zero-order chi connectivity index (χ0) is 9.68. The van der Waals surface area contributed by atoms with Crippen molar-refractivity contribution in [3.8, 4) is 0 Å². The Balaban J connectivity index is 2.08. The van der Waals surface area contributed by atoms with Gasteiger partial charge in [0.25, 0.3) is 0 Å². The van der Waals surface area contributed by atoms with Crippen LogP contribution in [-0.2, 0) is 10.8 Å². The average molecular weight is 221 g/mol. The molecule has 13 heavy (non-hydrogen) atoms. The first-order valence-electron chi connectivity index (χ1n) is 4.94. The first-order valence-corrected chi connectivity index (χ1v) is 7.47. The van der Waals surface area contributed by atoms with E-state index in [0.717, 1.165) is 23.3 Å². The van der Waals surface area contributed by atoms with Crippen LogP contribution in [0.15, 0.2) is 0 Å². The summed E-state index contributed by atoms with van der Waals surface area (Å²) in [7, 11) is -0.608. The normalized spacial score (nSPS) is 30.6. The minimum atomic E-state index is -0.608. The molecule has 3 atom stereocenters. The Hall–Kier alpha value is 0.460. The van der Waals surface area contributed by atoms with Crippen LogP contribution < -0.4 is 5.32 Å². The Morgan fingerprint density at radius 1 is 1.62 bits per heavy atom. The molecule has 2 nitrogen and oxygen atoms in total. The minimum absolute atomic E-state index is 0.608. The van der Waals surface area contributed by atoms with Crippen molar-refractivity contribution in [2.24, 2.45) is 0 Å². The summed E-state index contributed by atoms with van der Waals surface area (Å²) in [5, 5.41) is 4.21. The number of hydrogen-bond donors (Lipinski definition) is 1. The fourth-order valence-corrected chi connectivity index (χ4v) is 3.36. The quantitative estimate of drug-likeness (QED) is 0.757. The Morgan fingerprint density at radius 3 is 2.92 bits per heavy atom. The summed E-state index contributed by atoms with van der Waals surface area (Å²) in [6.45, 7) is 5.16. The lowest BCUT2D eigenvalue weighted by Crippen LogP contribution is -2.36. The zero-order valence-corrected chi connectivity index (χ0v) is 10.0. The maximum absolute atomic E-state index is 11.1. The summed E-state index contributed by atoms with van der Waals surface area (Å²) in [6.07, 6.45) is 1.27.